The van der Waals surface area contributed by atoms with E-state index in [1.54, 1.807) is 6.07 Å². The van der Waals surface area contributed by atoms with Gasteiger partial charge in [0.2, 0.25) is 0 Å². The Labute approximate surface area is 113 Å². The SMILES string of the molecule is CCNCc1ccc(Oc2ccc(F)cc2C)cc1. The van der Waals surface area contributed by atoms with E-state index in [4.69, 9.17) is 4.74 Å². The van der Waals surface area contributed by atoms with Crippen molar-refractivity contribution in [3.8, 4) is 11.5 Å². The third-order valence-corrected chi connectivity index (χ3v) is 2.87. The molecule has 0 aliphatic carbocycles. The summed E-state index contributed by atoms with van der Waals surface area (Å²) in [5.74, 6) is 1.20. The third kappa shape index (κ3) is 3.80. The maximum atomic E-state index is 13.0. The van der Waals surface area contributed by atoms with Crippen molar-refractivity contribution in [1.29, 1.82) is 0 Å². The molecular weight excluding hydrogens is 241 g/mol. The number of nitrogens with one attached hydrogen (secondary N) is 1. The van der Waals surface area contributed by atoms with Crippen LogP contribution in [0.2, 0.25) is 0 Å². The van der Waals surface area contributed by atoms with Gasteiger partial charge in [-0.2, -0.15) is 0 Å². The van der Waals surface area contributed by atoms with E-state index in [-0.39, 0.29) is 5.82 Å². The Morgan fingerprint density at radius 1 is 1.11 bits per heavy atom. The van der Waals surface area contributed by atoms with Crippen molar-refractivity contribution in [2.75, 3.05) is 6.54 Å². The second kappa shape index (κ2) is 6.34. The number of rotatable bonds is 5. The van der Waals surface area contributed by atoms with Crippen molar-refractivity contribution in [3.63, 3.8) is 0 Å². The molecule has 2 rings (SSSR count). The molecular formula is C16H18FNO. The Kier molecular flexibility index (Phi) is 4.53. The van der Waals surface area contributed by atoms with Crippen molar-refractivity contribution in [3.05, 3.63) is 59.4 Å². The highest BCUT2D eigenvalue weighted by Gasteiger charge is 2.03. The Hall–Kier alpha value is -1.87. The fourth-order valence-electron chi connectivity index (χ4n) is 1.80. The largest absolute Gasteiger partial charge is 0.457 e. The maximum absolute atomic E-state index is 13.0. The zero-order chi connectivity index (χ0) is 13.7. The van der Waals surface area contributed by atoms with Gasteiger partial charge in [0.25, 0.3) is 0 Å². The fraction of sp³-hybridized carbons (Fsp3) is 0.250. The van der Waals surface area contributed by atoms with E-state index in [2.05, 4.69) is 12.2 Å². The molecule has 2 aromatic rings. The van der Waals surface area contributed by atoms with Gasteiger partial charge in [-0.05, 0) is 54.9 Å². The van der Waals surface area contributed by atoms with Gasteiger partial charge >= 0.3 is 0 Å². The second-order valence-electron chi connectivity index (χ2n) is 4.44. The lowest BCUT2D eigenvalue weighted by Gasteiger charge is -2.09. The minimum atomic E-state index is -0.245. The Morgan fingerprint density at radius 3 is 2.47 bits per heavy atom. The lowest BCUT2D eigenvalue weighted by atomic mass is 10.2. The molecule has 0 unspecified atom stereocenters. The van der Waals surface area contributed by atoms with E-state index in [9.17, 15) is 4.39 Å². The van der Waals surface area contributed by atoms with Gasteiger partial charge in [0.15, 0.2) is 0 Å². The van der Waals surface area contributed by atoms with Crippen LogP contribution in [0.3, 0.4) is 0 Å². The van der Waals surface area contributed by atoms with Crippen molar-refractivity contribution < 1.29 is 9.13 Å². The number of halogens is 1. The molecule has 0 saturated carbocycles. The molecule has 0 aliphatic heterocycles. The summed E-state index contributed by atoms with van der Waals surface area (Å²) in [6.07, 6.45) is 0. The molecule has 0 fully saturated rings. The highest BCUT2D eigenvalue weighted by Crippen LogP contribution is 2.25. The minimum Gasteiger partial charge on any atom is -0.457 e. The molecule has 0 heterocycles. The molecule has 1 N–H and O–H groups in total. The second-order valence-corrected chi connectivity index (χ2v) is 4.44. The monoisotopic (exact) mass is 259 g/mol. The van der Waals surface area contributed by atoms with Crippen LogP contribution < -0.4 is 10.1 Å². The summed E-state index contributed by atoms with van der Waals surface area (Å²) in [5.41, 5.74) is 2.00. The van der Waals surface area contributed by atoms with E-state index < -0.39 is 0 Å². The van der Waals surface area contributed by atoms with Crippen LogP contribution in [0.4, 0.5) is 4.39 Å². The first kappa shape index (κ1) is 13.6. The van der Waals surface area contributed by atoms with E-state index in [0.717, 1.165) is 24.4 Å². The Morgan fingerprint density at radius 2 is 1.84 bits per heavy atom. The van der Waals surface area contributed by atoms with Crippen molar-refractivity contribution in [1.82, 2.24) is 5.32 Å². The van der Waals surface area contributed by atoms with E-state index in [0.29, 0.717) is 5.75 Å². The van der Waals surface area contributed by atoms with Gasteiger partial charge < -0.3 is 10.1 Å². The van der Waals surface area contributed by atoms with Crippen LogP contribution in [-0.4, -0.2) is 6.54 Å². The van der Waals surface area contributed by atoms with Crippen LogP contribution in [0.5, 0.6) is 11.5 Å². The van der Waals surface area contributed by atoms with Crippen LogP contribution >= 0.6 is 0 Å². The first-order valence-corrected chi connectivity index (χ1v) is 6.42. The Balaban J connectivity index is 2.06. The lowest BCUT2D eigenvalue weighted by molar-refractivity contribution is 0.476. The smallest absolute Gasteiger partial charge is 0.130 e. The van der Waals surface area contributed by atoms with Gasteiger partial charge in [0.05, 0.1) is 0 Å². The van der Waals surface area contributed by atoms with Crippen LogP contribution in [0.1, 0.15) is 18.1 Å². The third-order valence-electron chi connectivity index (χ3n) is 2.87. The number of ether oxygens (including phenoxy) is 1. The summed E-state index contributed by atoms with van der Waals surface area (Å²) in [6, 6.07) is 12.4. The van der Waals surface area contributed by atoms with Gasteiger partial charge in [-0.1, -0.05) is 19.1 Å². The summed E-state index contributed by atoms with van der Waals surface area (Å²) in [5, 5.41) is 3.27. The van der Waals surface area contributed by atoms with Crippen molar-refractivity contribution in [2.24, 2.45) is 0 Å². The quantitative estimate of drug-likeness (QED) is 0.875. The van der Waals surface area contributed by atoms with E-state index in [1.165, 1.54) is 17.7 Å². The summed E-state index contributed by atoms with van der Waals surface area (Å²) in [4.78, 5) is 0. The van der Waals surface area contributed by atoms with Crippen LogP contribution in [0, 0.1) is 12.7 Å². The van der Waals surface area contributed by atoms with Gasteiger partial charge in [0.1, 0.15) is 17.3 Å². The molecule has 0 saturated heterocycles. The molecule has 0 atom stereocenters. The first-order chi connectivity index (χ1) is 9.19. The van der Waals surface area contributed by atoms with E-state index in [1.807, 2.05) is 31.2 Å². The van der Waals surface area contributed by atoms with E-state index >= 15 is 0 Å². The number of hydrogen-bond acceptors (Lipinski definition) is 2. The van der Waals surface area contributed by atoms with Crippen molar-refractivity contribution >= 4 is 0 Å². The first-order valence-electron chi connectivity index (χ1n) is 6.42. The highest BCUT2D eigenvalue weighted by atomic mass is 19.1. The fourth-order valence-corrected chi connectivity index (χ4v) is 1.80. The topological polar surface area (TPSA) is 21.3 Å². The molecule has 0 radical (unpaired) electrons. The molecule has 100 valence electrons. The summed E-state index contributed by atoms with van der Waals surface area (Å²) >= 11 is 0. The predicted octanol–water partition coefficient (Wildman–Crippen LogP) is 4.04. The highest BCUT2D eigenvalue weighted by molar-refractivity contribution is 5.38. The summed E-state index contributed by atoms with van der Waals surface area (Å²) in [6.45, 7) is 5.71. The molecule has 0 bridgehead atoms. The zero-order valence-corrected chi connectivity index (χ0v) is 11.2. The standard InChI is InChI=1S/C16H18FNO/c1-3-18-11-13-4-7-15(8-5-13)19-16-9-6-14(17)10-12(16)2/h4-10,18H,3,11H2,1-2H3. The van der Waals surface area contributed by atoms with Gasteiger partial charge in [-0.25, -0.2) is 4.39 Å². The zero-order valence-electron chi connectivity index (χ0n) is 11.2. The Bertz CT molecular complexity index is 537. The molecule has 0 spiro atoms. The van der Waals surface area contributed by atoms with Crippen molar-refractivity contribution in [2.45, 2.75) is 20.4 Å². The number of benzene rings is 2. The molecule has 2 aromatic carbocycles. The number of aryl methyl sites for hydroxylation is 1. The molecule has 3 heteroatoms. The summed E-state index contributed by atoms with van der Waals surface area (Å²) in [7, 11) is 0. The molecule has 0 aromatic heterocycles. The predicted molar refractivity (Wildman–Crippen MR) is 75.0 cm³/mol. The number of hydrogen-bond donors (Lipinski definition) is 1. The molecule has 2 nitrogen and oxygen atoms in total. The van der Waals surface area contributed by atoms with Crippen LogP contribution in [0.25, 0.3) is 0 Å². The van der Waals surface area contributed by atoms with Crippen LogP contribution in [-0.2, 0) is 6.54 Å². The lowest BCUT2D eigenvalue weighted by Crippen LogP contribution is -2.11. The average molecular weight is 259 g/mol. The van der Waals surface area contributed by atoms with Gasteiger partial charge in [-0.3, -0.25) is 0 Å². The average Bonchev–Trinajstić information content (AvgIpc) is 2.41. The van der Waals surface area contributed by atoms with Gasteiger partial charge in [-0.15, -0.1) is 0 Å². The van der Waals surface area contributed by atoms with Gasteiger partial charge in [0, 0.05) is 6.54 Å². The summed E-state index contributed by atoms with van der Waals surface area (Å²) < 4.78 is 18.7. The molecule has 0 amide bonds. The van der Waals surface area contributed by atoms with Crippen LogP contribution in [0.15, 0.2) is 42.5 Å². The molecule has 0 aliphatic rings. The molecule has 19 heavy (non-hydrogen) atoms. The minimum absolute atomic E-state index is 0.245. The normalized spacial score (nSPS) is 10.5. The maximum Gasteiger partial charge on any atom is 0.130 e.